The van der Waals surface area contributed by atoms with Crippen molar-refractivity contribution in [2.24, 2.45) is 0 Å². The highest BCUT2D eigenvalue weighted by molar-refractivity contribution is 5.97. The number of fused-ring (bicyclic) bond motifs is 3. The highest BCUT2D eigenvalue weighted by atomic mass is 16.9. The fourth-order valence-electron chi connectivity index (χ4n) is 4.91. The number of hydrogen-bond acceptors (Lipinski definition) is 8. The lowest BCUT2D eigenvalue weighted by atomic mass is 9.99. The number of unbranched alkanes of at least 4 members (excludes halogenated alkanes) is 5. The standard InChI is InChI=1S/C27H39NO8/c1-6-7-8-9-10-13-16-28-23(29)17-14-11-12-15-18(17)31-24(30)21-19-20(34-26(2,3)33-19)22-25(32-21)36-27(4,5)35-22/h11-12,14-15,19-22,25H,6-10,13,16H2,1-5H3,(H,28,29)/t19-,20+,21?,22-,25-/m1/s1. The second-order valence-electron chi connectivity index (χ2n) is 10.5. The predicted octanol–water partition coefficient (Wildman–Crippen LogP) is 4.08. The van der Waals surface area contributed by atoms with Crippen LogP contribution in [-0.4, -0.2) is 60.7 Å². The van der Waals surface area contributed by atoms with Crippen molar-refractivity contribution in [2.75, 3.05) is 6.54 Å². The van der Waals surface area contributed by atoms with Gasteiger partial charge in [-0.2, -0.15) is 0 Å². The van der Waals surface area contributed by atoms with Crippen LogP contribution < -0.4 is 10.1 Å². The topological polar surface area (TPSA) is 102 Å². The molecule has 1 unspecified atom stereocenters. The average molecular weight is 506 g/mol. The van der Waals surface area contributed by atoms with Gasteiger partial charge in [0, 0.05) is 6.54 Å². The smallest absolute Gasteiger partial charge is 0.343 e. The van der Waals surface area contributed by atoms with Crippen LogP contribution in [-0.2, 0) is 28.5 Å². The summed E-state index contributed by atoms with van der Waals surface area (Å²) in [7, 11) is 0. The molecule has 0 radical (unpaired) electrons. The molecule has 0 aromatic heterocycles. The fraction of sp³-hybridized carbons (Fsp3) is 0.704. The van der Waals surface area contributed by atoms with E-state index in [2.05, 4.69) is 12.2 Å². The summed E-state index contributed by atoms with van der Waals surface area (Å²) in [5, 5.41) is 2.93. The molecule has 9 heteroatoms. The minimum absolute atomic E-state index is 0.160. The Hall–Kier alpha value is -2.04. The summed E-state index contributed by atoms with van der Waals surface area (Å²) >= 11 is 0. The molecule has 1 N–H and O–H groups in total. The van der Waals surface area contributed by atoms with Crippen LogP contribution in [0.4, 0.5) is 0 Å². The van der Waals surface area contributed by atoms with Crippen molar-refractivity contribution in [3.05, 3.63) is 29.8 Å². The summed E-state index contributed by atoms with van der Waals surface area (Å²) in [6, 6.07) is 6.67. The van der Waals surface area contributed by atoms with Crippen LogP contribution in [0.1, 0.15) is 83.5 Å². The summed E-state index contributed by atoms with van der Waals surface area (Å²) in [5.41, 5.74) is 0.285. The van der Waals surface area contributed by atoms with Gasteiger partial charge < -0.3 is 33.7 Å². The highest BCUT2D eigenvalue weighted by Gasteiger charge is 2.62. The molecule has 3 heterocycles. The number of carbonyl (C=O) groups is 2. The van der Waals surface area contributed by atoms with Crippen molar-refractivity contribution in [1.82, 2.24) is 5.32 Å². The third-order valence-electron chi connectivity index (χ3n) is 6.55. The zero-order valence-electron chi connectivity index (χ0n) is 21.9. The van der Waals surface area contributed by atoms with Gasteiger partial charge in [0.05, 0.1) is 5.56 Å². The Labute approximate surface area is 213 Å². The van der Waals surface area contributed by atoms with E-state index in [1.54, 1.807) is 52.0 Å². The Kier molecular flexibility index (Phi) is 8.36. The molecule has 1 aromatic carbocycles. The molecule has 0 bridgehead atoms. The van der Waals surface area contributed by atoms with Crippen molar-refractivity contribution >= 4 is 11.9 Å². The normalized spacial score (nSPS) is 29.9. The molecule has 3 fully saturated rings. The van der Waals surface area contributed by atoms with Crippen molar-refractivity contribution in [1.29, 1.82) is 0 Å². The van der Waals surface area contributed by atoms with Crippen LogP contribution in [0.15, 0.2) is 24.3 Å². The largest absolute Gasteiger partial charge is 0.424 e. The van der Waals surface area contributed by atoms with Crippen molar-refractivity contribution in [3.63, 3.8) is 0 Å². The molecular formula is C27H39NO8. The van der Waals surface area contributed by atoms with E-state index < -0.39 is 48.2 Å². The van der Waals surface area contributed by atoms with E-state index >= 15 is 0 Å². The average Bonchev–Trinajstić information content (AvgIpc) is 3.31. The van der Waals surface area contributed by atoms with Gasteiger partial charge in [-0.25, -0.2) is 4.79 Å². The molecule has 0 spiro atoms. The number of benzene rings is 1. The highest BCUT2D eigenvalue weighted by Crippen LogP contribution is 2.44. The Morgan fingerprint density at radius 1 is 0.861 bits per heavy atom. The van der Waals surface area contributed by atoms with E-state index in [-0.39, 0.29) is 17.2 Å². The van der Waals surface area contributed by atoms with Crippen LogP contribution in [0.5, 0.6) is 5.75 Å². The molecular weight excluding hydrogens is 466 g/mol. The van der Waals surface area contributed by atoms with Crippen molar-refractivity contribution in [2.45, 2.75) is 115 Å². The maximum absolute atomic E-state index is 13.3. The molecule has 200 valence electrons. The Balaban J connectivity index is 1.40. The summed E-state index contributed by atoms with van der Waals surface area (Å²) in [5.74, 6) is -2.64. The van der Waals surface area contributed by atoms with Crippen molar-refractivity contribution < 1.29 is 38.0 Å². The lowest BCUT2D eigenvalue weighted by molar-refractivity contribution is -0.236. The number of carbonyl (C=O) groups excluding carboxylic acids is 2. The van der Waals surface area contributed by atoms with Crippen LogP contribution in [0.3, 0.4) is 0 Å². The number of nitrogens with one attached hydrogen (secondary N) is 1. The van der Waals surface area contributed by atoms with Crippen LogP contribution in [0.2, 0.25) is 0 Å². The molecule has 5 atom stereocenters. The van der Waals surface area contributed by atoms with Gasteiger partial charge in [-0.05, 0) is 46.2 Å². The van der Waals surface area contributed by atoms with E-state index in [1.165, 1.54) is 19.3 Å². The first-order valence-electron chi connectivity index (χ1n) is 13.1. The number of para-hydroxylation sites is 1. The molecule has 3 saturated heterocycles. The molecule has 1 aromatic rings. The van der Waals surface area contributed by atoms with Crippen LogP contribution >= 0.6 is 0 Å². The molecule has 3 aliphatic heterocycles. The van der Waals surface area contributed by atoms with Gasteiger partial charge in [0.1, 0.15) is 24.1 Å². The zero-order valence-corrected chi connectivity index (χ0v) is 21.9. The number of ether oxygens (including phenoxy) is 6. The van der Waals surface area contributed by atoms with E-state index in [0.717, 1.165) is 19.3 Å². The minimum atomic E-state index is -1.12. The molecule has 0 saturated carbocycles. The Morgan fingerprint density at radius 2 is 1.50 bits per heavy atom. The maximum atomic E-state index is 13.3. The van der Waals surface area contributed by atoms with E-state index in [9.17, 15) is 9.59 Å². The van der Waals surface area contributed by atoms with Gasteiger partial charge in [-0.3, -0.25) is 4.79 Å². The molecule has 0 aliphatic carbocycles. The van der Waals surface area contributed by atoms with Crippen LogP contribution in [0.25, 0.3) is 0 Å². The molecule has 3 aliphatic rings. The molecule has 1 amide bonds. The Bertz CT molecular complexity index is 932. The molecule has 9 nitrogen and oxygen atoms in total. The van der Waals surface area contributed by atoms with Gasteiger partial charge in [0.25, 0.3) is 5.91 Å². The fourth-order valence-corrected chi connectivity index (χ4v) is 4.91. The van der Waals surface area contributed by atoms with E-state index in [0.29, 0.717) is 6.54 Å². The third-order valence-corrected chi connectivity index (χ3v) is 6.55. The van der Waals surface area contributed by atoms with Gasteiger partial charge >= 0.3 is 5.97 Å². The first-order valence-corrected chi connectivity index (χ1v) is 13.1. The SMILES string of the molecule is CCCCCCCCNC(=O)c1ccccc1OC(=O)C1O[C@@H]2OC(C)(C)O[C@@H]2[C@H]2OC(C)(C)O[C@@H]12. The van der Waals surface area contributed by atoms with Gasteiger partial charge in [-0.15, -0.1) is 0 Å². The first kappa shape index (κ1) is 27.0. The third kappa shape index (κ3) is 6.26. The first-order chi connectivity index (χ1) is 17.1. The van der Waals surface area contributed by atoms with Crippen molar-refractivity contribution in [3.8, 4) is 5.75 Å². The predicted molar refractivity (Wildman–Crippen MR) is 130 cm³/mol. The summed E-state index contributed by atoms with van der Waals surface area (Å²) in [4.78, 5) is 26.2. The number of esters is 1. The van der Waals surface area contributed by atoms with E-state index in [1.807, 2.05) is 0 Å². The second-order valence-corrected chi connectivity index (χ2v) is 10.5. The van der Waals surface area contributed by atoms with Gasteiger partial charge in [0.2, 0.25) is 0 Å². The summed E-state index contributed by atoms with van der Waals surface area (Å²) < 4.78 is 35.6. The zero-order chi connectivity index (χ0) is 25.9. The molecule has 36 heavy (non-hydrogen) atoms. The Morgan fingerprint density at radius 3 is 2.28 bits per heavy atom. The lowest BCUT2D eigenvalue weighted by Gasteiger charge is -2.35. The quantitative estimate of drug-likeness (QED) is 0.288. The number of amides is 1. The maximum Gasteiger partial charge on any atom is 0.343 e. The molecule has 4 rings (SSSR count). The van der Waals surface area contributed by atoms with E-state index in [4.69, 9.17) is 28.4 Å². The monoisotopic (exact) mass is 505 g/mol. The summed E-state index contributed by atoms with van der Waals surface area (Å²) in [6.07, 6.45) is 3.01. The van der Waals surface area contributed by atoms with Gasteiger partial charge in [-0.1, -0.05) is 51.2 Å². The van der Waals surface area contributed by atoms with Gasteiger partial charge in [0.15, 0.2) is 24.0 Å². The number of rotatable bonds is 10. The minimum Gasteiger partial charge on any atom is -0.424 e. The summed E-state index contributed by atoms with van der Waals surface area (Å²) in [6.45, 7) is 9.85. The number of hydrogen-bond donors (Lipinski definition) is 1. The lowest BCUT2D eigenvalue weighted by Crippen LogP contribution is -2.58. The van der Waals surface area contributed by atoms with Crippen LogP contribution in [0, 0.1) is 0 Å². The second kappa shape index (κ2) is 11.1.